The number of methoxy groups -OCH3 is 1. The third kappa shape index (κ3) is 5.05. The first-order valence-corrected chi connectivity index (χ1v) is 11.3. The van der Waals surface area contributed by atoms with E-state index in [1.54, 1.807) is 31.3 Å². The smallest absolute Gasteiger partial charge is 0.337 e. The summed E-state index contributed by atoms with van der Waals surface area (Å²) in [7, 11) is 3.05. The van der Waals surface area contributed by atoms with Gasteiger partial charge in [0.2, 0.25) is 0 Å². The molecule has 0 atom stereocenters. The fraction of sp³-hybridized carbons (Fsp3) is 0.320. The van der Waals surface area contributed by atoms with Gasteiger partial charge in [-0.05, 0) is 90.7 Å². The molecule has 0 N–H and O–H groups in total. The van der Waals surface area contributed by atoms with Crippen LogP contribution < -0.4 is 4.74 Å². The molecule has 2 aromatic rings. The molecular formula is C25H28N2O4S. The lowest BCUT2D eigenvalue weighted by molar-refractivity contribution is -0.121. The van der Waals surface area contributed by atoms with Gasteiger partial charge in [-0.15, -0.1) is 0 Å². The molecule has 0 saturated carbocycles. The van der Waals surface area contributed by atoms with Crippen molar-refractivity contribution in [2.45, 2.75) is 33.6 Å². The van der Waals surface area contributed by atoms with Crippen LogP contribution >= 0.6 is 11.8 Å². The van der Waals surface area contributed by atoms with Crippen molar-refractivity contribution in [2.75, 3.05) is 20.8 Å². The summed E-state index contributed by atoms with van der Waals surface area (Å²) in [5.74, 6) is 0.694. The Bertz CT molecular complexity index is 1090. The summed E-state index contributed by atoms with van der Waals surface area (Å²) < 4.78 is 10.5. The maximum absolute atomic E-state index is 12.9. The predicted octanol–water partition coefficient (Wildman–Crippen LogP) is 5.54. The summed E-state index contributed by atoms with van der Waals surface area (Å²) in [4.78, 5) is 31.2. The molecule has 0 aromatic heterocycles. The first kappa shape index (κ1) is 23.6. The molecular weight excluding hydrogens is 424 g/mol. The molecule has 1 saturated heterocycles. The van der Waals surface area contributed by atoms with E-state index in [1.807, 2.05) is 26.0 Å². The molecule has 3 rings (SSSR count). The van der Waals surface area contributed by atoms with E-state index in [-0.39, 0.29) is 5.91 Å². The summed E-state index contributed by atoms with van der Waals surface area (Å²) in [6.07, 6.45) is 1.92. The topological polar surface area (TPSA) is 68.2 Å². The Hall–Kier alpha value is -3.06. The zero-order chi connectivity index (χ0) is 23.4. The van der Waals surface area contributed by atoms with Crippen molar-refractivity contribution in [1.29, 1.82) is 0 Å². The number of ether oxygens (including phenoxy) is 2. The van der Waals surface area contributed by atoms with Gasteiger partial charge in [-0.3, -0.25) is 9.69 Å². The Morgan fingerprint density at radius 2 is 1.91 bits per heavy atom. The molecule has 2 aromatic carbocycles. The molecule has 168 valence electrons. The number of benzene rings is 2. The van der Waals surface area contributed by atoms with Gasteiger partial charge >= 0.3 is 5.97 Å². The van der Waals surface area contributed by atoms with Gasteiger partial charge in [0.25, 0.3) is 5.91 Å². The number of amidine groups is 1. The SMILES string of the molecule is CCOc1cc(C)c(C=C2SC(=Nc3ccc(C(=O)OC)cc3)N(C)C2=O)cc1C(C)C. The highest BCUT2D eigenvalue weighted by molar-refractivity contribution is 8.18. The van der Waals surface area contributed by atoms with Crippen molar-refractivity contribution in [3.63, 3.8) is 0 Å². The molecule has 1 fully saturated rings. The molecule has 32 heavy (non-hydrogen) atoms. The molecule has 1 amide bonds. The van der Waals surface area contributed by atoms with Crippen molar-refractivity contribution >= 4 is 40.6 Å². The minimum absolute atomic E-state index is 0.0979. The van der Waals surface area contributed by atoms with Gasteiger partial charge < -0.3 is 9.47 Å². The Kier molecular flexibility index (Phi) is 7.40. The molecule has 0 aliphatic carbocycles. The van der Waals surface area contributed by atoms with Gasteiger partial charge in [0.05, 0.1) is 29.9 Å². The number of rotatable bonds is 6. The van der Waals surface area contributed by atoms with Crippen molar-refractivity contribution in [3.05, 3.63) is 63.6 Å². The van der Waals surface area contributed by atoms with Crippen molar-refractivity contribution in [2.24, 2.45) is 4.99 Å². The lowest BCUT2D eigenvalue weighted by atomic mass is 9.96. The number of esters is 1. The van der Waals surface area contributed by atoms with E-state index < -0.39 is 5.97 Å². The van der Waals surface area contributed by atoms with Gasteiger partial charge in [0.15, 0.2) is 5.17 Å². The first-order valence-electron chi connectivity index (χ1n) is 10.5. The van der Waals surface area contributed by atoms with E-state index in [0.29, 0.717) is 33.8 Å². The lowest BCUT2D eigenvalue weighted by Crippen LogP contribution is -2.23. The Morgan fingerprint density at radius 1 is 1.22 bits per heavy atom. The minimum Gasteiger partial charge on any atom is -0.494 e. The molecule has 0 radical (unpaired) electrons. The Balaban J connectivity index is 1.91. The fourth-order valence-corrected chi connectivity index (χ4v) is 4.27. The maximum Gasteiger partial charge on any atom is 0.337 e. The van der Waals surface area contributed by atoms with Gasteiger partial charge in [0, 0.05) is 7.05 Å². The molecule has 7 heteroatoms. The van der Waals surface area contributed by atoms with Crippen LogP contribution in [0.4, 0.5) is 5.69 Å². The maximum atomic E-state index is 12.9. The lowest BCUT2D eigenvalue weighted by Gasteiger charge is -2.16. The number of aryl methyl sites for hydroxylation is 1. The number of carbonyl (C=O) groups is 2. The second-order valence-corrected chi connectivity index (χ2v) is 8.75. The zero-order valence-electron chi connectivity index (χ0n) is 19.3. The number of carbonyl (C=O) groups excluding carboxylic acids is 2. The molecule has 6 nitrogen and oxygen atoms in total. The van der Waals surface area contributed by atoms with E-state index in [9.17, 15) is 9.59 Å². The quantitative estimate of drug-likeness (QED) is 0.425. The van der Waals surface area contributed by atoms with Gasteiger partial charge in [-0.25, -0.2) is 9.79 Å². The van der Waals surface area contributed by atoms with Crippen LogP contribution in [0.5, 0.6) is 5.75 Å². The molecule has 1 aliphatic rings. The van der Waals surface area contributed by atoms with Crippen LogP contribution in [0.25, 0.3) is 6.08 Å². The van der Waals surface area contributed by atoms with Crippen LogP contribution in [-0.4, -0.2) is 42.7 Å². The number of likely N-dealkylation sites (N-methyl/N-ethyl adjacent to an activating group) is 1. The van der Waals surface area contributed by atoms with Gasteiger partial charge in [-0.2, -0.15) is 0 Å². The van der Waals surface area contributed by atoms with Crippen LogP contribution in [-0.2, 0) is 9.53 Å². The highest BCUT2D eigenvalue weighted by atomic mass is 32.2. The number of hydrogen-bond acceptors (Lipinski definition) is 6. The highest BCUT2D eigenvalue weighted by Gasteiger charge is 2.30. The average Bonchev–Trinajstić information content (AvgIpc) is 3.03. The number of amides is 1. The van der Waals surface area contributed by atoms with Crippen molar-refractivity contribution in [1.82, 2.24) is 4.90 Å². The van der Waals surface area contributed by atoms with Crippen LogP contribution in [0.1, 0.15) is 53.7 Å². The van der Waals surface area contributed by atoms with E-state index in [4.69, 9.17) is 9.47 Å². The van der Waals surface area contributed by atoms with Crippen molar-refractivity contribution in [3.8, 4) is 5.75 Å². The highest BCUT2D eigenvalue weighted by Crippen LogP contribution is 2.36. The third-order valence-corrected chi connectivity index (χ3v) is 6.18. The predicted molar refractivity (Wildman–Crippen MR) is 130 cm³/mol. The number of nitrogens with zero attached hydrogens (tertiary/aromatic N) is 2. The van der Waals surface area contributed by atoms with Crippen LogP contribution in [0.3, 0.4) is 0 Å². The largest absolute Gasteiger partial charge is 0.494 e. The molecule has 0 unspecified atom stereocenters. The number of aliphatic imine (C=N–C) groups is 1. The van der Waals surface area contributed by atoms with E-state index in [0.717, 1.165) is 22.4 Å². The monoisotopic (exact) mass is 452 g/mol. The second-order valence-electron chi connectivity index (χ2n) is 7.74. The van der Waals surface area contributed by atoms with E-state index >= 15 is 0 Å². The number of hydrogen-bond donors (Lipinski definition) is 0. The zero-order valence-corrected chi connectivity index (χ0v) is 20.1. The standard InChI is InChI=1S/C25H28N2O4S/c1-7-31-21-12-16(4)18(13-20(21)15(2)3)14-22-23(28)27(5)25(32-22)26-19-10-8-17(9-11-19)24(29)30-6/h8-15H,7H2,1-6H3. The molecule has 0 spiro atoms. The van der Waals surface area contributed by atoms with Gasteiger partial charge in [0.1, 0.15) is 5.75 Å². The minimum atomic E-state index is -0.400. The van der Waals surface area contributed by atoms with E-state index in [1.165, 1.54) is 23.8 Å². The number of thioether (sulfide) groups is 1. The summed E-state index contributed by atoms with van der Waals surface area (Å²) in [5.41, 5.74) is 4.26. The van der Waals surface area contributed by atoms with E-state index in [2.05, 4.69) is 24.9 Å². The molecule has 1 heterocycles. The van der Waals surface area contributed by atoms with Gasteiger partial charge in [-0.1, -0.05) is 13.8 Å². The van der Waals surface area contributed by atoms with Crippen LogP contribution in [0.15, 0.2) is 46.3 Å². The second kappa shape index (κ2) is 10.0. The molecule has 0 bridgehead atoms. The fourth-order valence-electron chi connectivity index (χ4n) is 3.30. The normalized spacial score (nSPS) is 16.3. The van der Waals surface area contributed by atoms with Crippen LogP contribution in [0, 0.1) is 6.92 Å². The summed E-state index contributed by atoms with van der Waals surface area (Å²) >= 11 is 1.33. The Morgan fingerprint density at radius 3 is 2.50 bits per heavy atom. The third-order valence-electron chi connectivity index (χ3n) is 5.12. The first-order chi connectivity index (χ1) is 15.2. The molecule has 1 aliphatic heterocycles. The summed E-state index contributed by atoms with van der Waals surface area (Å²) in [6.45, 7) is 8.86. The Labute approximate surface area is 193 Å². The summed E-state index contributed by atoms with van der Waals surface area (Å²) in [5, 5.41) is 0.583. The summed E-state index contributed by atoms with van der Waals surface area (Å²) in [6, 6.07) is 10.9. The average molecular weight is 453 g/mol. The van der Waals surface area contributed by atoms with Crippen LogP contribution in [0.2, 0.25) is 0 Å². The van der Waals surface area contributed by atoms with Crippen molar-refractivity contribution < 1.29 is 19.1 Å².